The van der Waals surface area contributed by atoms with Crippen LogP contribution in [0.2, 0.25) is 0 Å². The smallest absolute Gasteiger partial charge is 0.115 e. The molecular weight excluding hydrogens is 157 g/mol. The van der Waals surface area contributed by atoms with Gasteiger partial charge in [-0.2, -0.15) is 0 Å². The zero-order valence-electron chi connectivity index (χ0n) is 7.26. The van der Waals surface area contributed by atoms with Crippen LogP contribution in [-0.2, 0) is 4.74 Å². The molecule has 2 aliphatic rings. The monoisotopic (exact) mass is 173 g/mol. The lowest BCUT2D eigenvalue weighted by atomic mass is 10.2. The van der Waals surface area contributed by atoms with Crippen molar-refractivity contribution in [2.75, 3.05) is 13.2 Å². The number of halogens is 1. The van der Waals surface area contributed by atoms with E-state index in [9.17, 15) is 4.39 Å². The van der Waals surface area contributed by atoms with Gasteiger partial charge in [-0.05, 0) is 25.7 Å². The third-order valence-corrected chi connectivity index (χ3v) is 2.81. The molecule has 2 nitrogen and oxygen atoms in total. The lowest BCUT2D eigenvalue weighted by Crippen LogP contribution is -2.41. The van der Waals surface area contributed by atoms with Crippen molar-refractivity contribution in [2.24, 2.45) is 0 Å². The van der Waals surface area contributed by atoms with Crippen LogP contribution in [0.1, 0.15) is 25.7 Å². The summed E-state index contributed by atoms with van der Waals surface area (Å²) in [6.07, 6.45) is 3.20. The molecule has 70 valence electrons. The zero-order chi connectivity index (χ0) is 8.39. The molecule has 3 heteroatoms. The zero-order valence-corrected chi connectivity index (χ0v) is 7.26. The molecule has 1 aliphatic heterocycles. The minimum absolute atomic E-state index is 0.108. The van der Waals surface area contributed by atoms with Gasteiger partial charge in [0.25, 0.3) is 0 Å². The summed E-state index contributed by atoms with van der Waals surface area (Å²) in [6, 6.07) is 0.517. The van der Waals surface area contributed by atoms with Gasteiger partial charge in [-0.3, -0.25) is 0 Å². The maximum Gasteiger partial charge on any atom is 0.115 e. The minimum Gasteiger partial charge on any atom is -0.380 e. The average Bonchev–Trinajstić information content (AvgIpc) is 2.65. The fourth-order valence-corrected chi connectivity index (χ4v) is 2.07. The van der Waals surface area contributed by atoms with Crippen molar-refractivity contribution < 1.29 is 9.13 Å². The molecule has 3 atom stereocenters. The summed E-state index contributed by atoms with van der Waals surface area (Å²) in [5.41, 5.74) is 0. The van der Waals surface area contributed by atoms with E-state index in [1.165, 1.54) is 0 Å². The molecule has 1 saturated carbocycles. The van der Waals surface area contributed by atoms with E-state index >= 15 is 0 Å². The second-order valence-corrected chi connectivity index (χ2v) is 3.78. The molecule has 0 aromatic rings. The van der Waals surface area contributed by atoms with Crippen molar-refractivity contribution in [3.8, 4) is 0 Å². The molecule has 0 amide bonds. The third kappa shape index (κ3) is 1.77. The maximum absolute atomic E-state index is 13.1. The standard InChI is InChI=1S/C9H16FNO/c10-8-2-1-3-9(8)11-7-4-5-12-6-7/h7-9,11H,1-6H2/t7?,8-,9+/m1/s1. The van der Waals surface area contributed by atoms with Gasteiger partial charge in [0.1, 0.15) is 6.17 Å². The van der Waals surface area contributed by atoms with Crippen LogP contribution in [0, 0.1) is 0 Å². The third-order valence-electron chi connectivity index (χ3n) is 2.81. The molecule has 1 N–H and O–H groups in total. The quantitative estimate of drug-likeness (QED) is 0.678. The first-order chi connectivity index (χ1) is 5.86. The molecule has 1 unspecified atom stereocenters. The summed E-state index contributed by atoms with van der Waals surface area (Å²) < 4.78 is 18.4. The van der Waals surface area contributed by atoms with E-state index in [0.717, 1.165) is 38.9 Å². The molecule has 12 heavy (non-hydrogen) atoms. The lowest BCUT2D eigenvalue weighted by molar-refractivity contribution is 0.183. The van der Waals surface area contributed by atoms with E-state index < -0.39 is 6.17 Å². The Morgan fingerprint density at radius 3 is 2.75 bits per heavy atom. The van der Waals surface area contributed by atoms with Gasteiger partial charge in [-0.25, -0.2) is 4.39 Å². The van der Waals surface area contributed by atoms with Crippen LogP contribution in [0.3, 0.4) is 0 Å². The molecule has 1 saturated heterocycles. The Bertz CT molecular complexity index is 147. The van der Waals surface area contributed by atoms with Crippen LogP contribution in [0.4, 0.5) is 4.39 Å². The number of alkyl halides is 1. The second kappa shape index (κ2) is 3.71. The summed E-state index contributed by atoms with van der Waals surface area (Å²) >= 11 is 0. The summed E-state index contributed by atoms with van der Waals surface area (Å²) in [5, 5.41) is 3.33. The summed E-state index contributed by atoms with van der Waals surface area (Å²) in [5.74, 6) is 0. The molecule has 0 aromatic heterocycles. The Kier molecular flexibility index (Phi) is 2.61. The molecule has 2 rings (SSSR count). The summed E-state index contributed by atoms with van der Waals surface area (Å²) in [6.45, 7) is 1.60. The Labute approximate surface area is 72.5 Å². The number of ether oxygens (including phenoxy) is 1. The predicted molar refractivity (Wildman–Crippen MR) is 44.9 cm³/mol. The van der Waals surface area contributed by atoms with Gasteiger partial charge in [0.2, 0.25) is 0 Å². The van der Waals surface area contributed by atoms with E-state index in [-0.39, 0.29) is 6.04 Å². The number of rotatable bonds is 2. The molecule has 0 bridgehead atoms. The molecule has 1 aliphatic carbocycles. The number of hydrogen-bond donors (Lipinski definition) is 1. The van der Waals surface area contributed by atoms with E-state index in [4.69, 9.17) is 4.74 Å². The van der Waals surface area contributed by atoms with Crippen molar-refractivity contribution >= 4 is 0 Å². The van der Waals surface area contributed by atoms with Crippen LogP contribution >= 0.6 is 0 Å². The number of hydrogen-bond acceptors (Lipinski definition) is 2. The first kappa shape index (κ1) is 8.45. The van der Waals surface area contributed by atoms with E-state index in [2.05, 4.69) is 5.32 Å². The highest BCUT2D eigenvalue weighted by Gasteiger charge is 2.29. The molecule has 0 radical (unpaired) electrons. The van der Waals surface area contributed by atoms with Crippen LogP contribution in [-0.4, -0.2) is 31.5 Å². The van der Waals surface area contributed by atoms with Crippen molar-refractivity contribution in [3.05, 3.63) is 0 Å². The van der Waals surface area contributed by atoms with Crippen molar-refractivity contribution in [1.29, 1.82) is 0 Å². The Morgan fingerprint density at radius 2 is 2.17 bits per heavy atom. The van der Waals surface area contributed by atoms with E-state index in [1.807, 2.05) is 0 Å². The van der Waals surface area contributed by atoms with Gasteiger partial charge < -0.3 is 10.1 Å². The highest BCUT2D eigenvalue weighted by Crippen LogP contribution is 2.23. The van der Waals surface area contributed by atoms with Gasteiger partial charge in [-0.15, -0.1) is 0 Å². The van der Waals surface area contributed by atoms with Gasteiger partial charge in [0.05, 0.1) is 6.61 Å². The van der Waals surface area contributed by atoms with Crippen LogP contribution in [0.5, 0.6) is 0 Å². The van der Waals surface area contributed by atoms with Gasteiger partial charge in [-0.1, -0.05) is 0 Å². The van der Waals surface area contributed by atoms with E-state index in [1.54, 1.807) is 0 Å². The molecule has 0 aromatic carbocycles. The normalized spacial score (nSPS) is 42.2. The lowest BCUT2D eigenvalue weighted by Gasteiger charge is -2.18. The Morgan fingerprint density at radius 1 is 1.25 bits per heavy atom. The van der Waals surface area contributed by atoms with Crippen molar-refractivity contribution in [2.45, 2.75) is 43.9 Å². The van der Waals surface area contributed by atoms with Gasteiger partial charge in [0, 0.05) is 18.7 Å². The van der Waals surface area contributed by atoms with Gasteiger partial charge in [0.15, 0.2) is 0 Å². The highest BCUT2D eigenvalue weighted by atomic mass is 19.1. The average molecular weight is 173 g/mol. The molecular formula is C9H16FNO. The van der Waals surface area contributed by atoms with Crippen LogP contribution < -0.4 is 5.32 Å². The fraction of sp³-hybridized carbons (Fsp3) is 1.00. The largest absolute Gasteiger partial charge is 0.380 e. The van der Waals surface area contributed by atoms with Gasteiger partial charge >= 0.3 is 0 Å². The highest BCUT2D eigenvalue weighted by molar-refractivity contribution is 4.86. The first-order valence-corrected chi connectivity index (χ1v) is 4.84. The topological polar surface area (TPSA) is 21.3 Å². The summed E-state index contributed by atoms with van der Waals surface area (Å²) in [7, 11) is 0. The SMILES string of the molecule is F[C@@H]1CCC[C@@H]1NC1CCOC1. The molecule has 0 spiro atoms. The fourth-order valence-electron chi connectivity index (χ4n) is 2.07. The van der Waals surface area contributed by atoms with Crippen LogP contribution in [0.25, 0.3) is 0 Å². The predicted octanol–water partition coefficient (Wildman–Crippen LogP) is 1.26. The van der Waals surface area contributed by atoms with E-state index in [0.29, 0.717) is 6.04 Å². The van der Waals surface area contributed by atoms with Crippen molar-refractivity contribution in [3.63, 3.8) is 0 Å². The second-order valence-electron chi connectivity index (χ2n) is 3.78. The maximum atomic E-state index is 13.1. The van der Waals surface area contributed by atoms with Crippen molar-refractivity contribution in [1.82, 2.24) is 5.32 Å². The molecule has 2 fully saturated rings. The Hall–Kier alpha value is -0.150. The Balaban J connectivity index is 1.77. The number of nitrogens with one attached hydrogen (secondary N) is 1. The molecule has 1 heterocycles. The first-order valence-electron chi connectivity index (χ1n) is 4.84. The van der Waals surface area contributed by atoms with Crippen LogP contribution in [0.15, 0.2) is 0 Å². The summed E-state index contributed by atoms with van der Waals surface area (Å²) in [4.78, 5) is 0. The minimum atomic E-state index is -0.620.